The number of carbonyl (C=O) groups is 1. The van der Waals surface area contributed by atoms with E-state index in [1.807, 2.05) is 0 Å². The van der Waals surface area contributed by atoms with Gasteiger partial charge in [0.2, 0.25) is 0 Å². The van der Waals surface area contributed by atoms with E-state index in [0.29, 0.717) is 0 Å². The van der Waals surface area contributed by atoms with E-state index in [4.69, 9.17) is 16.2 Å². The van der Waals surface area contributed by atoms with Crippen molar-refractivity contribution in [3.8, 4) is 0 Å². The van der Waals surface area contributed by atoms with Crippen molar-refractivity contribution < 1.29 is 30.7 Å². The van der Waals surface area contributed by atoms with E-state index in [1.54, 1.807) is 0 Å². The molecule has 0 aliphatic carbocycles. The molecule has 2 aromatic rings. The lowest BCUT2D eigenvalue weighted by molar-refractivity contribution is -0.117. The summed E-state index contributed by atoms with van der Waals surface area (Å²) >= 11 is 6.05. The quantitative estimate of drug-likeness (QED) is 0.498. The molecule has 1 aliphatic heterocycles. The first-order valence-corrected chi connectivity index (χ1v) is 11.3. The highest BCUT2D eigenvalue weighted by molar-refractivity contribution is 7.86. The first-order valence-electron chi connectivity index (χ1n) is 8.02. The number of benzene rings is 2. The largest absolute Gasteiger partial charge is 0.294 e. The van der Waals surface area contributed by atoms with Gasteiger partial charge in [0.05, 0.1) is 31.9 Å². The number of halogens is 1. The molecule has 1 unspecified atom stereocenters. The van der Waals surface area contributed by atoms with Gasteiger partial charge < -0.3 is 0 Å². The second-order valence-corrected chi connectivity index (χ2v) is 9.32. The van der Waals surface area contributed by atoms with Crippen molar-refractivity contribution in [2.24, 2.45) is 15.3 Å². The Labute approximate surface area is 176 Å². The molecule has 30 heavy (non-hydrogen) atoms. The Balaban J connectivity index is 1.87. The molecule has 2 N–H and O–H groups in total. The van der Waals surface area contributed by atoms with Crippen LogP contribution in [-0.4, -0.2) is 43.6 Å². The van der Waals surface area contributed by atoms with E-state index in [1.165, 1.54) is 25.1 Å². The van der Waals surface area contributed by atoms with Crippen molar-refractivity contribution in [3.63, 3.8) is 0 Å². The maximum atomic E-state index is 12.7. The van der Waals surface area contributed by atoms with E-state index in [9.17, 15) is 26.2 Å². The summed E-state index contributed by atoms with van der Waals surface area (Å²) in [6, 6.07) is 6.94. The predicted molar refractivity (Wildman–Crippen MR) is 106 cm³/mol. The van der Waals surface area contributed by atoms with Crippen molar-refractivity contribution in [2.45, 2.75) is 22.8 Å². The van der Waals surface area contributed by atoms with E-state index < -0.39 is 37.1 Å². The lowest BCUT2D eigenvalue weighted by atomic mass is 10.2. The molecule has 1 atom stereocenters. The summed E-state index contributed by atoms with van der Waals surface area (Å²) < 4.78 is 63.0. The van der Waals surface area contributed by atoms with Crippen LogP contribution in [0.2, 0.25) is 5.02 Å². The molecule has 0 saturated heterocycles. The number of hydrazone groups is 1. The minimum atomic E-state index is -4.52. The van der Waals surface area contributed by atoms with Crippen molar-refractivity contribution in [3.05, 3.63) is 47.5 Å². The average molecular weight is 473 g/mol. The fourth-order valence-electron chi connectivity index (χ4n) is 2.49. The predicted octanol–water partition coefficient (Wildman–Crippen LogP) is 2.71. The smallest absolute Gasteiger partial charge is 0.282 e. The fraction of sp³-hybridized carbons (Fsp3) is 0.125. The lowest BCUT2D eigenvalue weighted by Gasteiger charge is -2.15. The molecule has 3 rings (SSSR count). The SMILES string of the molecule is CC1=NN(c2cc(S(=O)(=O)O)ccc2Cl)C(=O)C1N=Nc1ccc(S(=O)(=O)O)cc1. The summed E-state index contributed by atoms with van der Waals surface area (Å²) in [5, 5.41) is 12.7. The molecule has 1 heterocycles. The average Bonchev–Trinajstić information content (AvgIpc) is 2.93. The maximum absolute atomic E-state index is 12.7. The van der Waals surface area contributed by atoms with Gasteiger partial charge in [0, 0.05) is 0 Å². The Hall–Kier alpha value is -2.71. The van der Waals surface area contributed by atoms with Crippen LogP contribution in [-0.2, 0) is 25.0 Å². The minimum absolute atomic E-state index is 0.0192. The van der Waals surface area contributed by atoms with Crippen LogP contribution in [0.15, 0.2) is 67.6 Å². The van der Waals surface area contributed by atoms with Crippen molar-refractivity contribution in [1.29, 1.82) is 0 Å². The molecular weight excluding hydrogens is 460 g/mol. The summed E-state index contributed by atoms with van der Waals surface area (Å²) in [6.07, 6.45) is 0. The maximum Gasteiger partial charge on any atom is 0.294 e. The van der Waals surface area contributed by atoms with E-state index in [2.05, 4.69) is 15.3 Å². The monoisotopic (exact) mass is 472 g/mol. The zero-order valence-corrected chi connectivity index (χ0v) is 17.4. The van der Waals surface area contributed by atoms with Crippen LogP contribution in [0.25, 0.3) is 0 Å². The van der Waals surface area contributed by atoms with Crippen LogP contribution >= 0.6 is 11.6 Å². The summed E-state index contributed by atoms with van der Waals surface area (Å²) in [6.45, 7) is 1.50. The lowest BCUT2D eigenvalue weighted by Crippen LogP contribution is -2.30. The number of hydrogen-bond donors (Lipinski definition) is 2. The summed E-state index contributed by atoms with van der Waals surface area (Å²) in [7, 11) is -8.87. The second kappa shape index (κ2) is 7.85. The molecule has 14 heteroatoms. The standard InChI is InChI=1S/C16H13ClN4O7S2/c1-9-15(19-18-10-2-4-11(5-3-10)29(23,24)25)16(22)21(20-9)14-8-12(30(26,27)28)6-7-13(14)17/h2-8,15H,1H3,(H,23,24,25)(H,26,27,28). The Bertz CT molecular complexity index is 1290. The van der Waals surface area contributed by atoms with Gasteiger partial charge in [-0.3, -0.25) is 13.9 Å². The Morgan fingerprint density at radius 3 is 2.13 bits per heavy atom. The Morgan fingerprint density at radius 1 is 1.00 bits per heavy atom. The van der Waals surface area contributed by atoms with E-state index in [0.717, 1.165) is 29.3 Å². The van der Waals surface area contributed by atoms with Gasteiger partial charge in [0.1, 0.15) is 0 Å². The third-order valence-electron chi connectivity index (χ3n) is 3.96. The molecule has 0 radical (unpaired) electrons. The fourth-order valence-corrected chi connectivity index (χ4v) is 3.66. The molecule has 11 nitrogen and oxygen atoms in total. The zero-order valence-electron chi connectivity index (χ0n) is 15.0. The summed E-state index contributed by atoms with van der Waals surface area (Å²) in [4.78, 5) is 11.9. The molecule has 0 spiro atoms. The third-order valence-corrected chi connectivity index (χ3v) is 6.00. The number of amides is 1. The van der Waals surface area contributed by atoms with Crippen molar-refractivity contribution in [1.82, 2.24) is 0 Å². The Kier molecular flexibility index (Phi) is 5.75. The van der Waals surface area contributed by atoms with E-state index >= 15 is 0 Å². The first-order chi connectivity index (χ1) is 13.9. The molecule has 0 bridgehead atoms. The number of carbonyl (C=O) groups excluding carboxylic acids is 1. The molecule has 1 amide bonds. The number of rotatable bonds is 5. The number of hydrogen-bond acceptors (Lipinski definition) is 8. The van der Waals surface area contributed by atoms with Crippen molar-refractivity contribution >= 4 is 54.8 Å². The van der Waals surface area contributed by atoms with Gasteiger partial charge in [-0.05, 0) is 49.4 Å². The van der Waals surface area contributed by atoms with Crippen LogP contribution in [0.4, 0.5) is 11.4 Å². The number of nitrogens with zero attached hydrogens (tertiary/aromatic N) is 4. The molecule has 0 fully saturated rings. The van der Waals surface area contributed by atoms with Gasteiger partial charge in [0.15, 0.2) is 6.04 Å². The molecule has 0 saturated carbocycles. The van der Waals surface area contributed by atoms with Gasteiger partial charge in [-0.25, -0.2) is 0 Å². The van der Waals surface area contributed by atoms with Crippen LogP contribution in [0.3, 0.4) is 0 Å². The van der Waals surface area contributed by atoms with Gasteiger partial charge >= 0.3 is 0 Å². The van der Waals surface area contributed by atoms with Crippen LogP contribution < -0.4 is 5.01 Å². The highest BCUT2D eigenvalue weighted by Crippen LogP contribution is 2.32. The molecule has 158 valence electrons. The number of anilines is 1. The van der Waals surface area contributed by atoms with Crippen LogP contribution in [0, 0.1) is 0 Å². The molecule has 1 aliphatic rings. The number of azo groups is 1. The Morgan fingerprint density at radius 2 is 1.57 bits per heavy atom. The highest BCUT2D eigenvalue weighted by atomic mass is 35.5. The van der Waals surface area contributed by atoms with Gasteiger partial charge in [-0.1, -0.05) is 11.6 Å². The summed E-state index contributed by atoms with van der Waals surface area (Å²) in [5.41, 5.74) is 0.394. The highest BCUT2D eigenvalue weighted by Gasteiger charge is 2.36. The topological polar surface area (TPSA) is 166 Å². The van der Waals surface area contributed by atoms with Crippen molar-refractivity contribution in [2.75, 3.05) is 5.01 Å². The zero-order chi connectivity index (χ0) is 22.3. The van der Waals surface area contributed by atoms with Gasteiger partial charge in [0.25, 0.3) is 26.1 Å². The third kappa shape index (κ3) is 4.55. The van der Waals surface area contributed by atoms with Crippen LogP contribution in [0.1, 0.15) is 6.92 Å². The summed E-state index contributed by atoms with van der Waals surface area (Å²) in [5.74, 6) is -0.666. The van der Waals surface area contributed by atoms with Gasteiger partial charge in [-0.15, -0.1) is 0 Å². The molecular formula is C16H13ClN4O7S2. The van der Waals surface area contributed by atoms with E-state index in [-0.39, 0.29) is 27.0 Å². The molecule has 0 aromatic heterocycles. The minimum Gasteiger partial charge on any atom is -0.282 e. The molecule has 2 aromatic carbocycles. The second-order valence-electron chi connectivity index (χ2n) is 6.07. The first kappa shape index (κ1) is 22.0. The normalized spacial score (nSPS) is 17.6. The van der Waals surface area contributed by atoms with Crippen LogP contribution in [0.5, 0.6) is 0 Å². The van der Waals surface area contributed by atoms with Gasteiger partial charge in [-0.2, -0.15) is 37.2 Å².